The number of amides is 1. The maximum Gasteiger partial charge on any atom is 0.267 e. The highest BCUT2D eigenvalue weighted by Crippen LogP contribution is 2.35. The molecule has 2 saturated heterocycles. The van der Waals surface area contributed by atoms with Gasteiger partial charge in [0.1, 0.15) is 15.8 Å². The average molecular weight is 527 g/mol. The number of unbranched alkanes of at least 4 members (excludes halogenated alkanes) is 1. The number of carbonyl (C=O) groups excluding carboxylic acids is 1. The van der Waals surface area contributed by atoms with E-state index in [0.717, 1.165) is 50.8 Å². The van der Waals surface area contributed by atoms with E-state index in [1.165, 1.54) is 11.8 Å². The van der Waals surface area contributed by atoms with Gasteiger partial charge in [0.25, 0.3) is 11.5 Å². The topological polar surface area (TPSA) is 57.9 Å². The molecular weight excluding hydrogens is 488 g/mol. The number of anilines is 1. The second-order valence-electron chi connectivity index (χ2n) is 10.6. The van der Waals surface area contributed by atoms with Crippen molar-refractivity contribution in [3.63, 3.8) is 0 Å². The lowest BCUT2D eigenvalue weighted by Crippen LogP contribution is -2.40. The SMILES string of the molecule is CCCC[C@@H](CC)CN1C(=O)/C(=C\c2c(N3C[C@@H](C)C[C@H](C)C3)nc3c(C)cccn3c2=O)SC1=S. The summed E-state index contributed by atoms with van der Waals surface area (Å²) in [5.74, 6) is 2.01. The number of hydrogen-bond donors (Lipinski definition) is 0. The van der Waals surface area contributed by atoms with E-state index in [9.17, 15) is 9.59 Å². The second-order valence-corrected chi connectivity index (χ2v) is 12.3. The first-order chi connectivity index (χ1) is 17.2. The largest absolute Gasteiger partial charge is 0.355 e. The van der Waals surface area contributed by atoms with E-state index in [4.69, 9.17) is 17.2 Å². The first kappa shape index (κ1) is 26.9. The van der Waals surface area contributed by atoms with Crippen LogP contribution in [0.1, 0.15) is 70.9 Å². The number of thiocarbonyl (C=S) groups is 1. The van der Waals surface area contributed by atoms with Crippen molar-refractivity contribution in [1.29, 1.82) is 0 Å². The Hall–Kier alpha value is -2.19. The molecule has 2 fully saturated rings. The third-order valence-corrected chi connectivity index (χ3v) is 8.74. The lowest BCUT2D eigenvalue weighted by Gasteiger charge is -2.36. The van der Waals surface area contributed by atoms with E-state index < -0.39 is 0 Å². The standard InChI is InChI=1S/C28H38N4O2S2/c1-6-8-11-21(7-2)17-32-27(34)23(36-28(32)35)14-22-25(30-15-18(3)13-19(4)16-30)29-24-20(5)10-9-12-31(24)26(22)33/h9-10,12,14,18-19,21H,6-8,11,13,15-17H2,1-5H3/b23-14+/t18-,19-,21+/m0/s1. The predicted octanol–water partition coefficient (Wildman–Crippen LogP) is 5.90. The number of aryl methyl sites for hydroxylation is 1. The Balaban J connectivity index is 1.76. The molecule has 0 spiro atoms. The molecular formula is C28H38N4O2S2. The molecule has 3 atom stereocenters. The summed E-state index contributed by atoms with van der Waals surface area (Å²) in [6.45, 7) is 13.1. The van der Waals surface area contributed by atoms with Crippen LogP contribution in [0.2, 0.25) is 0 Å². The van der Waals surface area contributed by atoms with Gasteiger partial charge >= 0.3 is 0 Å². The fraction of sp³-hybridized carbons (Fsp3) is 0.571. The van der Waals surface area contributed by atoms with Crippen LogP contribution in [-0.4, -0.2) is 44.1 Å². The molecule has 0 radical (unpaired) electrons. The van der Waals surface area contributed by atoms with Crippen LogP contribution in [0.25, 0.3) is 11.7 Å². The third kappa shape index (κ3) is 5.54. The number of fused-ring (bicyclic) bond motifs is 1. The van der Waals surface area contributed by atoms with Crippen LogP contribution in [0.4, 0.5) is 5.82 Å². The summed E-state index contributed by atoms with van der Waals surface area (Å²) >= 11 is 6.92. The van der Waals surface area contributed by atoms with Crippen LogP contribution in [0.3, 0.4) is 0 Å². The zero-order valence-corrected chi connectivity index (χ0v) is 23.8. The molecule has 194 valence electrons. The van der Waals surface area contributed by atoms with Gasteiger partial charge in [-0.1, -0.05) is 77.0 Å². The first-order valence-electron chi connectivity index (χ1n) is 13.3. The molecule has 2 aromatic heterocycles. The van der Waals surface area contributed by atoms with Crippen molar-refractivity contribution in [3.05, 3.63) is 44.7 Å². The van der Waals surface area contributed by atoms with Gasteiger partial charge in [-0.3, -0.25) is 18.9 Å². The minimum absolute atomic E-state index is 0.0972. The number of nitrogens with zero attached hydrogens (tertiary/aromatic N) is 4. The molecule has 36 heavy (non-hydrogen) atoms. The summed E-state index contributed by atoms with van der Waals surface area (Å²) in [5.41, 5.74) is 1.93. The summed E-state index contributed by atoms with van der Waals surface area (Å²) in [5, 5.41) is 0. The number of rotatable bonds is 8. The second kappa shape index (κ2) is 11.5. The van der Waals surface area contributed by atoms with Crippen molar-refractivity contribution >= 4 is 51.7 Å². The van der Waals surface area contributed by atoms with Gasteiger partial charge in [0.2, 0.25) is 0 Å². The zero-order valence-electron chi connectivity index (χ0n) is 22.1. The molecule has 0 N–H and O–H groups in total. The van der Waals surface area contributed by atoms with Crippen LogP contribution in [-0.2, 0) is 4.79 Å². The van der Waals surface area contributed by atoms with Crippen LogP contribution >= 0.6 is 24.0 Å². The molecule has 2 aliphatic heterocycles. The fourth-order valence-electron chi connectivity index (χ4n) is 5.47. The summed E-state index contributed by atoms with van der Waals surface area (Å²) in [7, 11) is 0. The predicted molar refractivity (Wildman–Crippen MR) is 155 cm³/mol. The van der Waals surface area contributed by atoms with Gasteiger partial charge in [0, 0.05) is 25.8 Å². The van der Waals surface area contributed by atoms with E-state index in [1.807, 2.05) is 19.1 Å². The van der Waals surface area contributed by atoms with Gasteiger partial charge in [-0.15, -0.1) is 0 Å². The van der Waals surface area contributed by atoms with E-state index >= 15 is 0 Å². The number of aromatic nitrogens is 2. The number of pyridine rings is 1. The van der Waals surface area contributed by atoms with Crippen molar-refractivity contribution in [2.24, 2.45) is 17.8 Å². The molecule has 1 amide bonds. The monoisotopic (exact) mass is 526 g/mol. The van der Waals surface area contributed by atoms with Crippen molar-refractivity contribution in [2.75, 3.05) is 24.5 Å². The quantitative estimate of drug-likeness (QED) is 0.315. The molecule has 0 saturated carbocycles. The highest BCUT2D eigenvalue weighted by molar-refractivity contribution is 8.26. The zero-order chi connectivity index (χ0) is 26.0. The first-order valence-corrected chi connectivity index (χ1v) is 14.5. The van der Waals surface area contributed by atoms with Gasteiger partial charge in [0.15, 0.2) is 0 Å². The van der Waals surface area contributed by atoms with Crippen LogP contribution in [0, 0.1) is 24.7 Å². The van der Waals surface area contributed by atoms with Crippen LogP contribution in [0.5, 0.6) is 0 Å². The third-order valence-electron chi connectivity index (χ3n) is 7.37. The Labute approximate surface area is 224 Å². The minimum atomic E-state index is -0.149. The maximum absolute atomic E-state index is 13.8. The molecule has 2 aromatic rings. The number of piperidine rings is 1. The minimum Gasteiger partial charge on any atom is -0.355 e. The molecule has 0 aromatic carbocycles. The van der Waals surface area contributed by atoms with Gasteiger partial charge in [-0.2, -0.15) is 0 Å². The van der Waals surface area contributed by atoms with Gasteiger partial charge in [-0.25, -0.2) is 4.98 Å². The van der Waals surface area contributed by atoms with Gasteiger partial charge < -0.3 is 4.90 Å². The molecule has 6 nitrogen and oxygen atoms in total. The van der Waals surface area contributed by atoms with E-state index in [1.54, 1.807) is 21.6 Å². The summed E-state index contributed by atoms with van der Waals surface area (Å²) in [4.78, 5) is 36.7. The number of hydrogen-bond acceptors (Lipinski definition) is 6. The van der Waals surface area contributed by atoms with E-state index in [-0.39, 0.29) is 11.5 Å². The smallest absolute Gasteiger partial charge is 0.267 e. The lowest BCUT2D eigenvalue weighted by atomic mass is 9.91. The van der Waals surface area contributed by atoms with Crippen LogP contribution < -0.4 is 10.5 Å². The van der Waals surface area contributed by atoms with Crippen molar-refractivity contribution in [3.8, 4) is 0 Å². The van der Waals surface area contributed by atoms with Crippen molar-refractivity contribution in [1.82, 2.24) is 14.3 Å². The summed E-state index contributed by atoms with van der Waals surface area (Å²) in [6.07, 6.45) is 9.06. The molecule has 0 aliphatic carbocycles. The number of carbonyl (C=O) groups is 1. The van der Waals surface area contributed by atoms with E-state index in [0.29, 0.717) is 50.6 Å². The lowest BCUT2D eigenvalue weighted by molar-refractivity contribution is -0.122. The van der Waals surface area contributed by atoms with Crippen molar-refractivity contribution in [2.45, 2.75) is 66.7 Å². The van der Waals surface area contributed by atoms with Gasteiger partial charge in [0.05, 0.1) is 10.5 Å². The van der Waals surface area contributed by atoms with Crippen LogP contribution in [0.15, 0.2) is 28.0 Å². The average Bonchev–Trinajstić information content (AvgIpc) is 3.10. The molecule has 4 rings (SSSR count). The molecule has 4 heterocycles. The Morgan fingerprint density at radius 2 is 1.94 bits per heavy atom. The maximum atomic E-state index is 13.8. The highest BCUT2D eigenvalue weighted by Gasteiger charge is 2.34. The molecule has 0 bridgehead atoms. The molecule has 8 heteroatoms. The number of thioether (sulfide) groups is 1. The Morgan fingerprint density at radius 3 is 2.61 bits per heavy atom. The molecule has 2 aliphatic rings. The highest BCUT2D eigenvalue weighted by atomic mass is 32.2. The Bertz CT molecular complexity index is 1230. The Kier molecular flexibility index (Phi) is 8.56. The summed E-state index contributed by atoms with van der Waals surface area (Å²) in [6, 6.07) is 3.83. The summed E-state index contributed by atoms with van der Waals surface area (Å²) < 4.78 is 2.17. The fourth-order valence-corrected chi connectivity index (χ4v) is 6.72. The Morgan fingerprint density at radius 1 is 1.22 bits per heavy atom. The van der Waals surface area contributed by atoms with Crippen molar-refractivity contribution < 1.29 is 4.79 Å². The van der Waals surface area contributed by atoms with E-state index in [2.05, 4.69) is 32.6 Å². The molecule has 0 unspecified atom stereocenters. The van der Waals surface area contributed by atoms with Gasteiger partial charge in [-0.05, 0) is 55.2 Å². The normalized spacial score (nSPS) is 22.8.